The summed E-state index contributed by atoms with van der Waals surface area (Å²) in [6, 6.07) is 19.4. The van der Waals surface area contributed by atoms with Crippen molar-refractivity contribution in [3.63, 3.8) is 0 Å². The van der Waals surface area contributed by atoms with Gasteiger partial charge in [-0.2, -0.15) is 0 Å². The van der Waals surface area contributed by atoms with Crippen LogP contribution < -0.4 is 5.32 Å². The molecule has 1 amide bonds. The smallest absolute Gasteiger partial charge is 0.220 e. The fourth-order valence-corrected chi connectivity index (χ4v) is 7.06. The second-order valence-corrected chi connectivity index (χ2v) is 13.2. The summed E-state index contributed by atoms with van der Waals surface area (Å²) in [5, 5.41) is 81.5. The molecule has 8 N–H and O–H groups in total. The molecule has 6 rings (SSSR count). The van der Waals surface area contributed by atoms with Gasteiger partial charge in [0.1, 0.15) is 48.8 Å². The van der Waals surface area contributed by atoms with Crippen molar-refractivity contribution >= 4 is 38.2 Å². The molecule has 4 aromatic rings. The fraction of sp³-hybridized carbons (Fsp3) is 0.541. The van der Waals surface area contributed by atoms with Crippen LogP contribution >= 0.6 is 0 Å². The van der Waals surface area contributed by atoms with E-state index in [1.165, 1.54) is 37.9 Å². The molecule has 0 saturated carbocycles. The maximum absolute atomic E-state index is 12.6. The minimum absolute atomic E-state index is 0.00302. The molecule has 2 aliphatic rings. The minimum Gasteiger partial charge on any atom is -0.394 e. The number of amides is 1. The Morgan fingerprint density at radius 3 is 2.08 bits per heavy atom. The molecular weight excluding hydrogens is 650 g/mol. The number of aliphatic hydroxyl groups is 7. The number of carbonyl (C=O) groups is 1. The van der Waals surface area contributed by atoms with E-state index in [9.17, 15) is 40.5 Å². The zero-order valence-corrected chi connectivity index (χ0v) is 27.7. The first kappa shape index (κ1) is 36.7. The Labute approximate surface area is 289 Å². The van der Waals surface area contributed by atoms with E-state index in [1.807, 2.05) is 0 Å². The summed E-state index contributed by atoms with van der Waals surface area (Å²) in [4.78, 5) is 12.6. The van der Waals surface area contributed by atoms with Crippen LogP contribution in [-0.4, -0.2) is 129 Å². The van der Waals surface area contributed by atoms with Gasteiger partial charge in [0.2, 0.25) is 5.91 Å². The summed E-state index contributed by atoms with van der Waals surface area (Å²) in [6.45, 7) is -0.633. The van der Waals surface area contributed by atoms with Crippen LogP contribution in [0.2, 0.25) is 0 Å². The number of benzene rings is 4. The SMILES string of the molecule is O=C(CCCc1ccc2ccc3cccc4ccc1c2c34)NCCCCCO[C@H]1O[C@H](CO)[C@@H](O)[C@H](O[C@H]2O[C@H](CO)[C@@H](O)[C@H](O)[C@H]2O)[C@@H]1O. The third-order valence-corrected chi connectivity index (χ3v) is 9.86. The van der Waals surface area contributed by atoms with Crippen LogP contribution in [0, 0.1) is 0 Å². The first-order chi connectivity index (χ1) is 24.2. The molecule has 13 nitrogen and oxygen atoms in total. The van der Waals surface area contributed by atoms with Crippen LogP contribution in [0.15, 0.2) is 54.6 Å². The minimum atomic E-state index is -1.75. The summed E-state index contributed by atoms with van der Waals surface area (Å²) in [5.41, 5.74) is 1.24. The fourth-order valence-electron chi connectivity index (χ4n) is 7.06. The topological polar surface area (TPSA) is 208 Å². The van der Waals surface area contributed by atoms with E-state index < -0.39 is 74.6 Å². The van der Waals surface area contributed by atoms with Gasteiger partial charge in [0.05, 0.1) is 13.2 Å². The molecular formula is C37H47NO12. The second kappa shape index (κ2) is 16.5. The lowest BCUT2D eigenvalue weighted by atomic mass is 9.90. The van der Waals surface area contributed by atoms with Gasteiger partial charge in [-0.1, -0.05) is 54.6 Å². The quantitative estimate of drug-likeness (QED) is 0.0643. The van der Waals surface area contributed by atoms with E-state index in [0.29, 0.717) is 32.2 Å². The largest absolute Gasteiger partial charge is 0.394 e. The first-order valence-electron chi connectivity index (χ1n) is 17.3. The number of ether oxygens (including phenoxy) is 4. The molecule has 272 valence electrons. The van der Waals surface area contributed by atoms with Gasteiger partial charge in [0.15, 0.2) is 12.6 Å². The van der Waals surface area contributed by atoms with E-state index in [0.717, 1.165) is 12.8 Å². The van der Waals surface area contributed by atoms with E-state index in [1.54, 1.807) is 0 Å². The molecule has 0 aliphatic carbocycles. The second-order valence-electron chi connectivity index (χ2n) is 13.2. The van der Waals surface area contributed by atoms with Crippen LogP contribution in [0.25, 0.3) is 32.3 Å². The van der Waals surface area contributed by atoms with Gasteiger partial charge < -0.3 is 60.0 Å². The molecule has 0 aromatic heterocycles. The number of aryl methyl sites for hydroxylation is 1. The normalized spacial score (nSPS) is 30.4. The number of aliphatic hydroxyl groups excluding tert-OH is 7. The van der Waals surface area contributed by atoms with Gasteiger partial charge in [-0.15, -0.1) is 0 Å². The highest BCUT2D eigenvalue weighted by atomic mass is 16.7. The van der Waals surface area contributed by atoms with Gasteiger partial charge in [-0.25, -0.2) is 0 Å². The average molecular weight is 698 g/mol. The number of hydrogen-bond acceptors (Lipinski definition) is 12. The molecule has 13 heteroatoms. The average Bonchev–Trinajstić information content (AvgIpc) is 3.13. The molecule has 0 spiro atoms. The molecule has 2 fully saturated rings. The van der Waals surface area contributed by atoms with E-state index >= 15 is 0 Å². The van der Waals surface area contributed by atoms with Gasteiger partial charge >= 0.3 is 0 Å². The molecule has 10 atom stereocenters. The van der Waals surface area contributed by atoms with Gasteiger partial charge in [-0.05, 0) is 70.0 Å². The van der Waals surface area contributed by atoms with Crippen molar-refractivity contribution in [2.45, 2.75) is 99.9 Å². The molecule has 2 saturated heterocycles. The monoisotopic (exact) mass is 697 g/mol. The van der Waals surface area contributed by atoms with E-state index in [-0.39, 0.29) is 12.5 Å². The highest BCUT2D eigenvalue weighted by Gasteiger charge is 2.50. The van der Waals surface area contributed by atoms with Crippen molar-refractivity contribution in [3.05, 3.63) is 60.2 Å². The summed E-state index contributed by atoms with van der Waals surface area (Å²) in [7, 11) is 0. The predicted molar refractivity (Wildman–Crippen MR) is 182 cm³/mol. The molecule has 0 unspecified atom stereocenters. The summed E-state index contributed by atoms with van der Waals surface area (Å²) < 4.78 is 22.2. The number of unbranched alkanes of at least 4 members (excludes halogenated alkanes) is 2. The zero-order chi connectivity index (χ0) is 35.4. The Hall–Kier alpha value is -3.05. The van der Waals surface area contributed by atoms with Crippen molar-refractivity contribution in [3.8, 4) is 0 Å². The van der Waals surface area contributed by atoms with E-state index in [2.05, 4.69) is 59.9 Å². The summed E-state index contributed by atoms with van der Waals surface area (Å²) in [6.07, 6.45) is -11.0. The Bertz CT molecular complexity index is 1690. The Kier molecular flexibility index (Phi) is 12.1. The highest BCUT2D eigenvalue weighted by Crippen LogP contribution is 2.36. The lowest BCUT2D eigenvalue weighted by Gasteiger charge is -2.45. The number of carbonyl (C=O) groups excluding carboxylic acids is 1. The number of hydrogen-bond donors (Lipinski definition) is 8. The van der Waals surface area contributed by atoms with Gasteiger partial charge in [0, 0.05) is 19.6 Å². The molecule has 0 bridgehead atoms. The van der Waals surface area contributed by atoms with Crippen LogP contribution in [0.4, 0.5) is 0 Å². The predicted octanol–water partition coefficient (Wildman–Crippen LogP) is 0.834. The van der Waals surface area contributed by atoms with Crippen molar-refractivity contribution in [1.82, 2.24) is 5.32 Å². The van der Waals surface area contributed by atoms with E-state index in [4.69, 9.17) is 18.9 Å². The van der Waals surface area contributed by atoms with Crippen molar-refractivity contribution in [2.75, 3.05) is 26.4 Å². The molecule has 2 aliphatic heterocycles. The Morgan fingerprint density at radius 2 is 1.34 bits per heavy atom. The van der Waals surface area contributed by atoms with Gasteiger partial charge in [0.25, 0.3) is 0 Å². The number of nitrogens with one attached hydrogen (secondary N) is 1. The molecule has 0 radical (unpaired) electrons. The van der Waals surface area contributed by atoms with Crippen molar-refractivity contribution in [1.29, 1.82) is 0 Å². The Morgan fingerprint density at radius 1 is 0.680 bits per heavy atom. The molecule has 50 heavy (non-hydrogen) atoms. The maximum Gasteiger partial charge on any atom is 0.220 e. The number of rotatable bonds is 15. The van der Waals surface area contributed by atoms with Crippen LogP contribution in [0.1, 0.15) is 37.7 Å². The lowest BCUT2D eigenvalue weighted by Crippen LogP contribution is -2.64. The summed E-state index contributed by atoms with van der Waals surface area (Å²) in [5.74, 6) is -0.00302. The van der Waals surface area contributed by atoms with Crippen molar-refractivity contribution < 1.29 is 59.5 Å². The Balaban J connectivity index is 0.907. The van der Waals surface area contributed by atoms with Crippen LogP contribution in [0.5, 0.6) is 0 Å². The highest BCUT2D eigenvalue weighted by molar-refractivity contribution is 6.23. The van der Waals surface area contributed by atoms with Crippen LogP contribution in [-0.2, 0) is 30.2 Å². The van der Waals surface area contributed by atoms with Crippen LogP contribution in [0.3, 0.4) is 0 Å². The third kappa shape index (κ3) is 7.73. The zero-order valence-electron chi connectivity index (χ0n) is 27.7. The standard InChI is InChI=1S/C37H47NO12/c39-18-25-30(42)32(44)33(45)37(49-25)50-35-31(43)26(19-40)48-36(34(35)46)47-17-3-1-2-16-38-27(41)9-5-6-20-10-11-23-13-12-21-7-4-8-22-14-15-24(20)29(23)28(21)22/h4,7-8,10-15,25-26,30-37,39-40,42-46H,1-3,5-6,9,16-19H2,(H,38,41)/t25-,26-,30-,31-,32+,33-,34+,35+,36+,37-/m1/s1. The van der Waals surface area contributed by atoms with Crippen molar-refractivity contribution in [2.24, 2.45) is 0 Å². The first-order valence-corrected chi connectivity index (χ1v) is 17.3. The lowest BCUT2D eigenvalue weighted by molar-refractivity contribution is -0.360. The van der Waals surface area contributed by atoms with Gasteiger partial charge in [-0.3, -0.25) is 4.79 Å². The molecule has 2 heterocycles. The third-order valence-electron chi connectivity index (χ3n) is 9.86. The molecule has 4 aromatic carbocycles. The maximum atomic E-state index is 12.6. The summed E-state index contributed by atoms with van der Waals surface area (Å²) >= 11 is 0.